The predicted octanol–water partition coefficient (Wildman–Crippen LogP) is 5.02. The molecule has 2 aromatic carbocycles. The highest BCUT2D eigenvalue weighted by atomic mass is 28.4. The van der Waals surface area contributed by atoms with E-state index >= 15 is 0 Å². The van der Waals surface area contributed by atoms with Gasteiger partial charge in [-0.2, -0.15) is 0 Å². The van der Waals surface area contributed by atoms with Gasteiger partial charge in [-0.1, -0.05) is 87.5 Å². The highest BCUT2D eigenvalue weighted by molar-refractivity contribution is 6.99. The van der Waals surface area contributed by atoms with E-state index < -0.39 is 8.32 Å². The number of ether oxygens (including phenoxy) is 1. The van der Waals surface area contributed by atoms with Crippen molar-refractivity contribution in [3.8, 4) is 0 Å². The second-order valence-electron chi connectivity index (χ2n) is 8.42. The molecule has 0 aliphatic heterocycles. The van der Waals surface area contributed by atoms with Crippen LogP contribution in [0.25, 0.3) is 0 Å². The molecule has 3 nitrogen and oxygen atoms in total. The first-order valence-corrected chi connectivity index (χ1v) is 12.4. The van der Waals surface area contributed by atoms with Crippen LogP contribution in [0.2, 0.25) is 5.04 Å². The monoisotopic (exact) mass is 422 g/mol. The Bertz CT molecular complexity index is 825. The molecule has 4 heteroatoms. The minimum atomic E-state index is -2.65. The molecule has 2 aromatic rings. The molecule has 0 aromatic heterocycles. The number of hydrogen-bond donors (Lipinski definition) is 0. The van der Waals surface area contributed by atoms with Crippen LogP contribution in [0.5, 0.6) is 0 Å². The average Bonchev–Trinajstić information content (AvgIpc) is 2.73. The first kappa shape index (κ1) is 23.8. The summed E-state index contributed by atoms with van der Waals surface area (Å²) in [6.07, 6.45) is 2.20. The number of carbonyl (C=O) groups excluding carboxylic acids is 1. The summed E-state index contributed by atoms with van der Waals surface area (Å²) in [4.78, 5) is 12.5. The quantitative estimate of drug-likeness (QED) is 0.246. The second kappa shape index (κ2) is 10.6. The van der Waals surface area contributed by atoms with Crippen molar-refractivity contribution in [1.82, 2.24) is 0 Å². The van der Waals surface area contributed by atoms with Crippen molar-refractivity contribution in [2.45, 2.75) is 46.1 Å². The first-order chi connectivity index (χ1) is 14.3. The van der Waals surface area contributed by atoms with Gasteiger partial charge in [-0.15, -0.1) is 6.58 Å². The Balaban J connectivity index is 2.57. The summed E-state index contributed by atoms with van der Waals surface area (Å²) in [6, 6.07) is 21.0. The van der Waals surface area contributed by atoms with Crippen molar-refractivity contribution in [3.63, 3.8) is 0 Å². The van der Waals surface area contributed by atoms with Crippen LogP contribution in [0.3, 0.4) is 0 Å². The van der Waals surface area contributed by atoms with Crippen molar-refractivity contribution < 1.29 is 14.0 Å². The molecule has 0 heterocycles. The molecule has 160 valence electrons. The maximum Gasteiger partial charge on any atom is 0.334 e. The predicted molar refractivity (Wildman–Crippen MR) is 128 cm³/mol. The molecule has 0 aliphatic carbocycles. The van der Waals surface area contributed by atoms with Gasteiger partial charge in [-0.25, -0.2) is 4.79 Å². The summed E-state index contributed by atoms with van der Waals surface area (Å²) in [5.74, 6) is -0.291. The third-order valence-corrected chi connectivity index (χ3v) is 10.3. The Morgan fingerprint density at radius 2 is 1.50 bits per heavy atom. The summed E-state index contributed by atoms with van der Waals surface area (Å²) >= 11 is 0. The highest BCUT2D eigenvalue weighted by Gasteiger charge is 2.50. The molecular weight excluding hydrogens is 388 g/mol. The zero-order valence-corrected chi connectivity index (χ0v) is 19.9. The SMILES string of the molecule is C=CC/C(C(=O)OCC)=C(\C)CO[Si](c1ccccc1)(c1ccccc1)C(C)(C)C. The van der Waals surface area contributed by atoms with Gasteiger partial charge in [-0.3, -0.25) is 0 Å². The minimum absolute atomic E-state index is 0.113. The number of carbonyl (C=O) groups is 1. The summed E-state index contributed by atoms with van der Waals surface area (Å²) < 4.78 is 12.2. The molecule has 0 atom stereocenters. The number of allylic oxidation sites excluding steroid dienone is 1. The largest absolute Gasteiger partial charge is 0.463 e. The van der Waals surface area contributed by atoms with Crippen molar-refractivity contribution in [1.29, 1.82) is 0 Å². The first-order valence-electron chi connectivity index (χ1n) is 10.5. The van der Waals surface area contributed by atoms with Crippen molar-refractivity contribution in [2.24, 2.45) is 0 Å². The van der Waals surface area contributed by atoms with Crippen LogP contribution in [0.15, 0.2) is 84.5 Å². The lowest BCUT2D eigenvalue weighted by atomic mass is 10.1. The Kier molecular flexibility index (Phi) is 8.39. The van der Waals surface area contributed by atoms with Gasteiger partial charge in [0.15, 0.2) is 0 Å². The zero-order valence-electron chi connectivity index (χ0n) is 18.9. The Morgan fingerprint density at radius 3 is 1.90 bits per heavy atom. The van der Waals surface area contributed by atoms with E-state index in [1.165, 1.54) is 10.4 Å². The molecular formula is C26H34O3Si. The molecule has 2 rings (SSSR count). The molecule has 30 heavy (non-hydrogen) atoms. The van der Waals surface area contributed by atoms with Gasteiger partial charge in [-0.05, 0) is 41.3 Å². The van der Waals surface area contributed by atoms with E-state index in [9.17, 15) is 4.79 Å². The third-order valence-electron chi connectivity index (χ3n) is 5.31. The number of benzene rings is 2. The summed E-state index contributed by atoms with van der Waals surface area (Å²) in [7, 11) is -2.65. The number of esters is 1. The molecule has 0 fully saturated rings. The lowest BCUT2D eigenvalue weighted by Crippen LogP contribution is -2.66. The Morgan fingerprint density at radius 1 is 1.00 bits per heavy atom. The zero-order chi connectivity index (χ0) is 22.2. The van der Waals surface area contributed by atoms with Gasteiger partial charge in [0.25, 0.3) is 8.32 Å². The van der Waals surface area contributed by atoms with Crippen molar-refractivity contribution >= 4 is 24.7 Å². The van der Waals surface area contributed by atoms with E-state index in [2.05, 4.69) is 75.9 Å². The van der Waals surface area contributed by atoms with Gasteiger partial charge >= 0.3 is 5.97 Å². The second-order valence-corrected chi connectivity index (χ2v) is 12.7. The fourth-order valence-corrected chi connectivity index (χ4v) is 8.45. The Hall–Kier alpha value is -2.43. The van der Waals surface area contributed by atoms with Crippen LogP contribution in [0, 0.1) is 0 Å². The number of rotatable bonds is 9. The standard InChI is InChI=1S/C26H34O3Si/c1-7-15-24(25(27)28-8-2)21(3)20-29-30(26(4,5)6,22-16-11-9-12-17-22)23-18-13-10-14-19-23/h7,9-14,16-19H,1,8,15,20H2,2-6H3/b24-21-. The van der Waals surface area contributed by atoms with Crippen LogP contribution >= 0.6 is 0 Å². The number of hydrogen-bond acceptors (Lipinski definition) is 3. The summed E-state index contributed by atoms with van der Waals surface area (Å²) in [5, 5.41) is 2.33. The normalized spacial score (nSPS) is 12.8. The smallest absolute Gasteiger partial charge is 0.334 e. The summed E-state index contributed by atoms with van der Waals surface area (Å²) in [5.41, 5.74) is 1.52. The van der Waals surface area contributed by atoms with Gasteiger partial charge in [0.1, 0.15) is 0 Å². The molecule has 0 N–H and O–H groups in total. The highest BCUT2D eigenvalue weighted by Crippen LogP contribution is 2.37. The maximum absolute atomic E-state index is 12.5. The van der Waals surface area contributed by atoms with Crippen LogP contribution in [-0.2, 0) is 14.0 Å². The topological polar surface area (TPSA) is 35.5 Å². The van der Waals surface area contributed by atoms with E-state index in [-0.39, 0.29) is 11.0 Å². The Labute approximate surface area is 182 Å². The molecule has 0 saturated heterocycles. The van der Waals surface area contributed by atoms with E-state index in [1.807, 2.05) is 26.0 Å². The van der Waals surface area contributed by atoms with Gasteiger partial charge in [0.2, 0.25) is 0 Å². The van der Waals surface area contributed by atoms with Crippen molar-refractivity contribution in [3.05, 3.63) is 84.5 Å². The van der Waals surface area contributed by atoms with E-state index in [0.717, 1.165) is 5.57 Å². The van der Waals surface area contributed by atoms with Crippen LogP contribution in [0.4, 0.5) is 0 Å². The van der Waals surface area contributed by atoms with Crippen LogP contribution in [-0.4, -0.2) is 27.5 Å². The van der Waals surface area contributed by atoms with Gasteiger partial charge in [0.05, 0.1) is 13.2 Å². The molecule has 0 unspecified atom stereocenters. The van der Waals surface area contributed by atoms with Gasteiger partial charge in [0, 0.05) is 5.57 Å². The minimum Gasteiger partial charge on any atom is -0.463 e. The van der Waals surface area contributed by atoms with Crippen LogP contribution in [0.1, 0.15) is 41.0 Å². The van der Waals surface area contributed by atoms with Gasteiger partial charge < -0.3 is 9.16 Å². The lowest BCUT2D eigenvalue weighted by Gasteiger charge is -2.43. The molecule has 0 amide bonds. The van der Waals surface area contributed by atoms with E-state index in [0.29, 0.717) is 25.2 Å². The van der Waals surface area contributed by atoms with Crippen molar-refractivity contribution in [2.75, 3.05) is 13.2 Å². The average molecular weight is 423 g/mol. The third kappa shape index (κ3) is 5.18. The molecule has 0 saturated carbocycles. The van der Waals surface area contributed by atoms with E-state index in [1.54, 1.807) is 6.08 Å². The van der Waals surface area contributed by atoms with E-state index in [4.69, 9.17) is 9.16 Å². The molecule has 0 bridgehead atoms. The molecule has 0 radical (unpaired) electrons. The summed E-state index contributed by atoms with van der Waals surface area (Å²) in [6.45, 7) is 15.0. The molecule has 0 aliphatic rings. The maximum atomic E-state index is 12.5. The molecule has 0 spiro atoms. The fraction of sp³-hybridized carbons (Fsp3) is 0.346. The van der Waals surface area contributed by atoms with Crippen LogP contribution < -0.4 is 10.4 Å². The lowest BCUT2D eigenvalue weighted by molar-refractivity contribution is -0.138. The fourth-order valence-electron chi connectivity index (χ4n) is 3.86.